The second-order valence-corrected chi connectivity index (χ2v) is 7.91. The van der Waals surface area contributed by atoms with Crippen LogP contribution in [0.15, 0.2) is 0 Å². The van der Waals surface area contributed by atoms with Gasteiger partial charge in [-0.3, -0.25) is 4.90 Å². The summed E-state index contributed by atoms with van der Waals surface area (Å²) < 4.78 is 11.5. The van der Waals surface area contributed by atoms with Crippen LogP contribution in [0.25, 0.3) is 0 Å². The highest BCUT2D eigenvalue weighted by Gasteiger charge is 2.45. The van der Waals surface area contributed by atoms with Crippen LogP contribution in [0, 0.1) is 5.92 Å². The van der Waals surface area contributed by atoms with Crippen molar-refractivity contribution in [2.45, 2.75) is 97.9 Å². The molecule has 22 heavy (non-hydrogen) atoms. The van der Waals surface area contributed by atoms with Crippen LogP contribution < -0.4 is 0 Å². The molecule has 0 aromatic rings. The zero-order valence-electron chi connectivity index (χ0n) is 15.6. The van der Waals surface area contributed by atoms with E-state index in [9.17, 15) is 4.79 Å². The average Bonchev–Trinajstić information content (AvgIpc) is 2.67. The van der Waals surface area contributed by atoms with Gasteiger partial charge < -0.3 is 9.47 Å². The quantitative estimate of drug-likeness (QED) is 0.695. The molecule has 1 fully saturated rings. The lowest BCUT2D eigenvalue weighted by Gasteiger charge is -2.36. The Morgan fingerprint density at radius 1 is 1.36 bits per heavy atom. The second kappa shape index (κ2) is 7.67. The number of nitrogens with zero attached hydrogens (tertiary/aromatic N) is 1. The predicted molar refractivity (Wildman–Crippen MR) is 89.8 cm³/mol. The maximum absolute atomic E-state index is 12.6. The van der Waals surface area contributed by atoms with Gasteiger partial charge in [-0.25, -0.2) is 4.79 Å². The van der Waals surface area contributed by atoms with Gasteiger partial charge >= 0.3 is 6.09 Å². The topological polar surface area (TPSA) is 38.8 Å². The number of hydrogen-bond donors (Lipinski definition) is 0. The molecule has 130 valence electrons. The Morgan fingerprint density at radius 2 is 2.00 bits per heavy atom. The summed E-state index contributed by atoms with van der Waals surface area (Å²) in [4.78, 5) is 14.4. The van der Waals surface area contributed by atoms with Gasteiger partial charge in [-0.1, -0.05) is 39.5 Å². The molecule has 2 atom stereocenters. The Hall–Kier alpha value is -0.770. The number of carbonyl (C=O) groups excluding carboxylic acids is 1. The molecule has 1 aliphatic heterocycles. The molecule has 0 spiro atoms. The van der Waals surface area contributed by atoms with Crippen molar-refractivity contribution in [2.75, 3.05) is 6.61 Å². The van der Waals surface area contributed by atoms with Gasteiger partial charge in [0.1, 0.15) is 11.3 Å². The summed E-state index contributed by atoms with van der Waals surface area (Å²) in [6.45, 7) is 14.7. The van der Waals surface area contributed by atoms with Crippen LogP contribution in [0.5, 0.6) is 0 Å². The zero-order valence-corrected chi connectivity index (χ0v) is 15.6. The van der Waals surface area contributed by atoms with Gasteiger partial charge in [0.25, 0.3) is 0 Å². The first-order valence-corrected chi connectivity index (χ1v) is 8.77. The van der Waals surface area contributed by atoms with Crippen molar-refractivity contribution in [3.63, 3.8) is 0 Å². The summed E-state index contributed by atoms with van der Waals surface area (Å²) in [5, 5.41) is 0. The molecule has 0 bridgehead atoms. The Kier molecular flexibility index (Phi) is 6.72. The highest BCUT2D eigenvalue weighted by molar-refractivity contribution is 5.69. The van der Waals surface area contributed by atoms with E-state index < -0.39 is 11.3 Å². The van der Waals surface area contributed by atoms with Gasteiger partial charge in [-0.2, -0.15) is 0 Å². The van der Waals surface area contributed by atoms with Crippen LogP contribution >= 0.6 is 0 Å². The summed E-state index contributed by atoms with van der Waals surface area (Å²) in [6, 6.07) is 0.117. The summed E-state index contributed by atoms with van der Waals surface area (Å²) in [6.07, 6.45) is 5.59. The van der Waals surface area contributed by atoms with E-state index in [1.54, 1.807) is 0 Å². The summed E-state index contributed by atoms with van der Waals surface area (Å²) in [5.74, 6) is 0.646. The number of amides is 1. The third kappa shape index (κ3) is 5.45. The van der Waals surface area contributed by atoms with Crippen LogP contribution in [0.2, 0.25) is 0 Å². The second-order valence-electron chi connectivity index (χ2n) is 7.91. The van der Waals surface area contributed by atoms with E-state index in [0.717, 1.165) is 12.8 Å². The maximum atomic E-state index is 12.6. The molecule has 0 aromatic heterocycles. The minimum Gasteiger partial charge on any atom is -0.444 e. The van der Waals surface area contributed by atoms with Crippen molar-refractivity contribution in [3.8, 4) is 0 Å². The largest absolute Gasteiger partial charge is 0.444 e. The van der Waals surface area contributed by atoms with Crippen molar-refractivity contribution < 1.29 is 14.3 Å². The van der Waals surface area contributed by atoms with E-state index in [0.29, 0.717) is 12.5 Å². The van der Waals surface area contributed by atoms with Gasteiger partial charge in [0, 0.05) is 0 Å². The predicted octanol–water partition coefficient (Wildman–Crippen LogP) is 4.96. The van der Waals surface area contributed by atoms with E-state index in [1.807, 2.05) is 39.5 Å². The van der Waals surface area contributed by atoms with Crippen LogP contribution in [0.4, 0.5) is 4.79 Å². The molecule has 0 aromatic carbocycles. The molecule has 1 aliphatic rings. The molecule has 0 aliphatic carbocycles. The highest BCUT2D eigenvalue weighted by Crippen LogP contribution is 2.33. The molecule has 0 saturated carbocycles. The van der Waals surface area contributed by atoms with Gasteiger partial charge in [0.2, 0.25) is 0 Å². The highest BCUT2D eigenvalue weighted by atomic mass is 16.6. The standard InChI is InChI=1S/C18H35NO3/c1-8-10-11-14(9-2)12-15-13-21-18(6,7)19(15)16(20)22-17(3,4)5/h14-15H,8-13H2,1-7H3. The van der Waals surface area contributed by atoms with Crippen molar-refractivity contribution in [3.05, 3.63) is 0 Å². The third-order valence-electron chi connectivity index (χ3n) is 4.31. The Bertz CT molecular complexity index is 360. The number of rotatable bonds is 6. The molecule has 4 nitrogen and oxygen atoms in total. The molecular weight excluding hydrogens is 278 g/mol. The first-order chi connectivity index (χ1) is 10.1. The van der Waals surface area contributed by atoms with Crippen molar-refractivity contribution in [1.82, 2.24) is 4.90 Å². The fourth-order valence-corrected chi connectivity index (χ4v) is 3.10. The number of hydrogen-bond acceptors (Lipinski definition) is 3. The number of unbranched alkanes of at least 4 members (excludes halogenated alkanes) is 1. The molecule has 1 amide bonds. The Labute approximate surface area is 136 Å². The SMILES string of the molecule is CCCCC(CC)CC1COC(C)(C)N1C(=O)OC(C)(C)C. The minimum absolute atomic E-state index is 0.117. The molecule has 1 heterocycles. The van der Waals surface area contributed by atoms with Crippen molar-refractivity contribution >= 4 is 6.09 Å². The molecule has 1 saturated heterocycles. The van der Waals surface area contributed by atoms with E-state index in [1.165, 1.54) is 19.3 Å². The van der Waals surface area contributed by atoms with Gasteiger partial charge in [0.15, 0.2) is 0 Å². The molecule has 1 rings (SSSR count). The van der Waals surface area contributed by atoms with Crippen LogP contribution in [0.3, 0.4) is 0 Å². The molecule has 4 heteroatoms. The Balaban J connectivity index is 2.78. The molecular formula is C18H35NO3. The first kappa shape index (κ1) is 19.3. The van der Waals surface area contributed by atoms with Crippen LogP contribution in [-0.2, 0) is 9.47 Å². The van der Waals surface area contributed by atoms with Crippen LogP contribution in [-0.4, -0.2) is 35.0 Å². The lowest BCUT2D eigenvalue weighted by Crippen LogP contribution is -2.50. The average molecular weight is 313 g/mol. The third-order valence-corrected chi connectivity index (χ3v) is 4.31. The fourth-order valence-electron chi connectivity index (χ4n) is 3.10. The van der Waals surface area contributed by atoms with E-state index in [4.69, 9.17) is 9.47 Å². The lowest BCUT2D eigenvalue weighted by atomic mass is 9.92. The smallest absolute Gasteiger partial charge is 0.412 e. The van der Waals surface area contributed by atoms with Crippen molar-refractivity contribution in [2.24, 2.45) is 5.92 Å². The lowest BCUT2D eigenvalue weighted by molar-refractivity contribution is -0.0631. The van der Waals surface area contributed by atoms with Crippen LogP contribution in [0.1, 0.15) is 80.6 Å². The molecule has 2 unspecified atom stereocenters. The van der Waals surface area contributed by atoms with Gasteiger partial charge in [0.05, 0.1) is 12.6 Å². The number of ether oxygens (including phenoxy) is 2. The Morgan fingerprint density at radius 3 is 2.50 bits per heavy atom. The van der Waals surface area contributed by atoms with Crippen molar-refractivity contribution in [1.29, 1.82) is 0 Å². The summed E-state index contributed by atoms with van der Waals surface area (Å²) in [7, 11) is 0. The van der Waals surface area contributed by atoms with E-state index in [2.05, 4.69) is 13.8 Å². The molecule has 0 N–H and O–H groups in total. The fraction of sp³-hybridized carbons (Fsp3) is 0.944. The summed E-state index contributed by atoms with van der Waals surface area (Å²) in [5.41, 5.74) is -1.07. The number of carbonyl (C=O) groups is 1. The van der Waals surface area contributed by atoms with Gasteiger partial charge in [-0.15, -0.1) is 0 Å². The zero-order chi connectivity index (χ0) is 17.0. The minimum atomic E-state index is -0.587. The first-order valence-electron chi connectivity index (χ1n) is 8.77. The van der Waals surface area contributed by atoms with E-state index in [-0.39, 0.29) is 12.1 Å². The normalized spacial score (nSPS) is 22.7. The summed E-state index contributed by atoms with van der Waals surface area (Å²) >= 11 is 0. The maximum Gasteiger partial charge on any atom is 0.412 e. The van der Waals surface area contributed by atoms with Gasteiger partial charge in [-0.05, 0) is 47.0 Å². The van der Waals surface area contributed by atoms with E-state index >= 15 is 0 Å². The molecule has 0 radical (unpaired) electrons. The monoisotopic (exact) mass is 313 g/mol.